The second-order valence-corrected chi connectivity index (χ2v) is 9.03. The number of fused-ring (bicyclic) bond motifs is 1. The molecule has 0 aliphatic carbocycles. The van der Waals surface area contributed by atoms with Gasteiger partial charge in [0.1, 0.15) is 11.5 Å². The van der Waals surface area contributed by atoms with Crippen molar-refractivity contribution in [3.63, 3.8) is 0 Å². The lowest BCUT2D eigenvalue weighted by Gasteiger charge is -2.25. The Morgan fingerprint density at radius 2 is 1.70 bits per heavy atom. The van der Waals surface area contributed by atoms with E-state index in [0.29, 0.717) is 49.2 Å². The Bertz CT molecular complexity index is 1550. The molecule has 0 fully saturated rings. The fourth-order valence-corrected chi connectivity index (χ4v) is 5.26. The molecule has 0 radical (unpaired) electrons. The van der Waals surface area contributed by atoms with Crippen molar-refractivity contribution >= 4 is 23.4 Å². The number of hydrogen-bond donors (Lipinski definition) is 0. The normalized spacial score (nSPS) is 15.1. The number of esters is 1. The third kappa shape index (κ3) is 4.84. The minimum atomic E-state index is -0.774. The zero-order valence-corrected chi connectivity index (χ0v) is 22.3. The number of benzene rings is 2. The third-order valence-electron chi connectivity index (χ3n) is 5.96. The number of methoxy groups -OCH3 is 4. The molecule has 0 bridgehead atoms. The molecule has 4 rings (SSSR count). The standard InChI is InChI=1S/C27H28N2O7S/c1-7-36-26(31)23-15(2)28-27-29(24(23)16-8-10-20(34-5)21(13-16)35-6)25(30)22(37-27)14-17-12-18(32-3)9-11-19(17)33-4/h8-14,24H,7H2,1-6H3/b22-14-. The minimum Gasteiger partial charge on any atom is -0.497 e. The average Bonchev–Trinajstić information content (AvgIpc) is 3.21. The summed E-state index contributed by atoms with van der Waals surface area (Å²) < 4.78 is 29.0. The van der Waals surface area contributed by atoms with Gasteiger partial charge in [-0.3, -0.25) is 9.36 Å². The number of thiazole rings is 1. The number of carbonyl (C=O) groups excluding carboxylic acids is 1. The lowest BCUT2D eigenvalue weighted by Crippen LogP contribution is -2.40. The summed E-state index contributed by atoms with van der Waals surface area (Å²) in [4.78, 5) is 32.0. The van der Waals surface area contributed by atoms with E-state index in [0.717, 1.165) is 0 Å². The summed E-state index contributed by atoms with van der Waals surface area (Å²) in [5.41, 5.74) is 1.79. The SMILES string of the molecule is CCOC(=O)C1=C(C)N=c2s/c(=C\c3cc(OC)ccc3OC)c(=O)n2C1c1ccc(OC)c(OC)c1. The third-order valence-corrected chi connectivity index (χ3v) is 6.95. The second-order valence-electron chi connectivity index (χ2n) is 8.02. The number of aromatic nitrogens is 1. The highest BCUT2D eigenvalue weighted by Gasteiger charge is 2.34. The maximum absolute atomic E-state index is 13.8. The lowest BCUT2D eigenvalue weighted by atomic mass is 9.95. The Balaban J connectivity index is 1.98. The molecular weight excluding hydrogens is 496 g/mol. The highest BCUT2D eigenvalue weighted by Crippen LogP contribution is 2.36. The molecule has 3 aromatic rings. The molecule has 1 aliphatic rings. The number of carbonyl (C=O) groups is 1. The van der Waals surface area contributed by atoms with Crippen LogP contribution in [0.25, 0.3) is 6.08 Å². The van der Waals surface area contributed by atoms with E-state index in [2.05, 4.69) is 4.99 Å². The quantitative estimate of drug-likeness (QED) is 0.418. The van der Waals surface area contributed by atoms with Crippen LogP contribution in [-0.2, 0) is 9.53 Å². The van der Waals surface area contributed by atoms with Crippen LogP contribution >= 0.6 is 11.3 Å². The predicted molar refractivity (Wildman–Crippen MR) is 139 cm³/mol. The molecule has 2 heterocycles. The van der Waals surface area contributed by atoms with Gasteiger partial charge in [0.2, 0.25) is 0 Å². The van der Waals surface area contributed by atoms with Gasteiger partial charge in [-0.05, 0) is 55.8 Å². The van der Waals surface area contributed by atoms with Crippen LogP contribution in [-0.4, -0.2) is 45.6 Å². The van der Waals surface area contributed by atoms with Crippen molar-refractivity contribution in [2.75, 3.05) is 35.0 Å². The highest BCUT2D eigenvalue weighted by atomic mass is 32.1. The van der Waals surface area contributed by atoms with E-state index in [1.165, 1.54) is 23.0 Å². The van der Waals surface area contributed by atoms with Crippen molar-refractivity contribution in [3.05, 3.63) is 78.5 Å². The molecule has 0 N–H and O–H groups in total. The van der Waals surface area contributed by atoms with E-state index in [4.69, 9.17) is 23.7 Å². The van der Waals surface area contributed by atoms with E-state index in [1.807, 2.05) is 0 Å². The van der Waals surface area contributed by atoms with Crippen LogP contribution in [0.1, 0.15) is 31.0 Å². The maximum atomic E-state index is 13.8. The van der Waals surface area contributed by atoms with Gasteiger partial charge in [0.25, 0.3) is 5.56 Å². The van der Waals surface area contributed by atoms with Gasteiger partial charge in [0.15, 0.2) is 16.3 Å². The van der Waals surface area contributed by atoms with Crippen molar-refractivity contribution < 1.29 is 28.5 Å². The topological polar surface area (TPSA) is 97.6 Å². The van der Waals surface area contributed by atoms with Gasteiger partial charge < -0.3 is 23.7 Å². The van der Waals surface area contributed by atoms with Crippen LogP contribution in [0.5, 0.6) is 23.0 Å². The number of nitrogens with zero attached hydrogens (tertiary/aromatic N) is 2. The monoisotopic (exact) mass is 524 g/mol. The van der Waals surface area contributed by atoms with E-state index in [-0.39, 0.29) is 17.7 Å². The summed E-state index contributed by atoms with van der Waals surface area (Å²) in [5, 5.41) is 0. The maximum Gasteiger partial charge on any atom is 0.338 e. The summed E-state index contributed by atoms with van der Waals surface area (Å²) in [6, 6.07) is 9.86. The molecule has 1 atom stereocenters. The van der Waals surface area contributed by atoms with Gasteiger partial charge in [-0.1, -0.05) is 17.4 Å². The first-order valence-electron chi connectivity index (χ1n) is 11.5. The van der Waals surface area contributed by atoms with Crippen LogP contribution in [0, 0.1) is 0 Å². The van der Waals surface area contributed by atoms with E-state index in [9.17, 15) is 9.59 Å². The van der Waals surface area contributed by atoms with E-state index < -0.39 is 12.0 Å². The molecule has 0 saturated heterocycles. The van der Waals surface area contributed by atoms with E-state index in [1.54, 1.807) is 77.7 Å². The van der Waals surface area contributed by atoms with Crippen molar-refractivity contribution in [2.45, 2.75) is 19.9 Å². The lowest BCUT2D eigenvalue weighted by molar-refractivity contribution is -0.139. The number of rotatable bonds is 8. The highest BCUT2D eigenvalue weighted by molar-refractivity contribution is 7.07. The van der Waals surface area contributed by atoms with E-state index >= 15 is 0 Å². The fraction of sp³-hybridized carbons (Fsp3) is 0.296. The summed E-state index contributed by atoms with van der Waals surface area (Å²) in [6.45, 7) is 3.66. The second kappa shape index (κ2) is 10.9. The molecule has 1 aliphatic heterocycles. The number of ether oxygens (including phenoxy) is 5. The van der Waals surface area contributed by atoms with Gasteiger partial charge in [-0.25, -0.2) is 9.79 Å². The van der Waals surface area contributed by atoms with Gasteiger partial charge >= 0.3 is 5.97 Å². The Morgan fingerprint density at radius 3 is 2.35 bits per heavy atom. The predicted octanol–water partition coefficient (Wildman–Crippen LogP) is 2.83. The molecular formula is C27H28N2O7S. The molecule has 10 heteroatoms. The van der Waals surface area contributed by atoms with Gasteiger partial charge in [-0.15, -0.1) is 0 Å². The minimum absolute atomic E-state index is 0.189. The molecule has 2 aromatic carbocycles. The molecule has 194 valence electrons. The molecule has 0 saturated carbocycles. The first-order chi connectivity index (χ1) is 17.9. The molecule has 0 amide bonds. The summed E-state index contributed by atoms with van der Waals surface area (Å²) >= 11 is 1.23. The molecule has 0 spiro atoms. The Hall–Kier alpha value is -4.05. The van der Waals surface area contributed by atoms with Crippen LogP contribution in [0.2, 0.25) is 0 Å². The first kappa shape index (κ1) is 26.0. The van der Waals surface area contributed by atoms with Crippen LogP contribution in [0.3, 0.4) is 0 Å². The van der Waals surface area contributed by atoms with Crippen LogP contribution in [0.4, 0.5) is 0 Å². The van der Waals surface area contributed by atoms with Gasteiger partial charge in [0, 0.05) is 5.56 Å². The molecule has 1 unspecified atom stereocenters. The summed E-state index contributed by atoms with van der Waals surface area (Å²) in [7, 11) is 6.21. The van der Waals surface area contributed by atoms with Crippen molar-refractivity contribution in [2.24, 2.45) is 4.99 Å². The van der Waals surface area contributed by atoms with Crippen molar-refractivity contribution in [1.29, 1.82) is 0 Å². The molecule has 37 heavy (non-hydrogen) atoms. The Morgan fingerprint density at radius 1 is 1.00 bits per heavy atom. The smallest absolute Gasteiger partial charge is 0.338 e. The van der Waals surface area contributed by atoms with Crippen LogP contribution < -0.4 is 33.8 Å². The summed E-state index contributed by atoms with van der Waals surface area (Å²) in [5.74, 6) is 1.69. The Kier molecular flexibility index (Phi) is 7.68. The zero-order valence-electron chi connectivity index (χ0n) is 21.5. The number of hydrogen-bond acceptors (Lipinski definition) is 9. The largest absolute Gasteiger partial charge is 0.497 e. The zero-order chi connectivity index (χ0) is 26.7. The van der Waals surface area contributed by atoms with Crippen LogP contribution in [0.15, 0.2) is 57.5 Å². The van der Waals surface area contributed by atoms with Crippen molar-refractivity contribution in [1.82, 2.24) is 4.57 Å². The summed E-state index contributed by atoms with van der Waals surface area (Å²) in [6.07, 6.45) is 1.74. The van der Waals surface area contributed by atoms with Gasteiger partial charge in [-0.2, -0.15) is 0 Å². The Labute approximate surface area is 217 Å². The fourth-order valence-electron chi connectivity index (χ4n) is 4.22. The molecule has 9 nitrogen and oxygen atoms in total. The van der Waals surface area contributed by atoms with Crippen molar-refractivity contribution in [3.8, 4) is 23.0 Å². The van der Waals surface area contributed by atoms with Gasteiger partial charge in [0.05, 0.1) is 56.9 Å². The molecule has 1 aromatic heterocycles. The first-order valence-corrected chi connectivity index (χ1v) is 12.3. The number of allylic oxidation sites excluding steroid dienone is 1. The average molecular weight is 525 g/mol.